The standard InChI is InChI=1S/C24H23N3O4S/c1-2-18-12-14-19(15-13-18)27(32(30,31)20-8-4-3-5-9-20)17-24(29)26-16-23(28)25-21-10-6-7-11-22(21)26/h3-15H,2,16-17H2,1H3,(H,25,28). The fourth-order valence-electron chi connectivity index (χ4n) is 3.60. The van der Waals surface area contributed by atoms with Gasteiger partial charge in [-0.3, -0.25) is 18.8 Å². The number of aryl methyl sites for hydroxylation is 1. The molecular formula is C24H23N3O4S. The van der Waals surface area contributed by atoms with Crippen molar-refractivity contribution in [2.45, 2.75) is 18.2 Å². The third-order valence-electron chi connectivity index (χ3n) is 5.31. The summed E-state index contributed by atoms with van der Waals surface area (Å²) in [5.41, 5.74) is 2.49. The molecule has 0 radical (unpaired) electrons. The molecule has 3 aromatic carbocycles. The molecule has 0 bridgehead atoms. The smallest absolute Gasteiger partial charge is 0.264 e. The van der Waals surface area contributed by atoms with E-state index in [1.807, 2.05) is 19.1 Å². The van der Waals surface area contributed by atoms with Gasteiger partial charge in [-0.2, -0.15) is 0 Å². The molecule has 1 heterocycles. The quantitative estimate of drug-likeness (QED) is 0.625. The molecule has 164 valence electrons. The van der Waals surface area contributed by atoms with Crippen molar-refractivity contribution < 1.29 is 18.0 Å². The first-order valence-electron chi connectivity index (χ1n) is 10.3. The van der Waals surface area contributed by atoms with E-state index in [4.69, 9.17) is 0 Å². The second kappa shape index (κ2) is 8.84. The first kappa shape index (κ1) is 21.6. The highest BCUT2D eigenvalue weighted by Gasteiger charge is 2.32. The molecule has 1 aliphatic rings. The van der Waals surface area contributed by atoms with Gasteiger partial charge in [0, 0.05) is 0 Å². The molecule has 0 saturated heterocycles. The number of sulfonamides is 1. The van der Waals surface area contributed by atoms with E-state index in [-0.39, 0.29) is 17.3 Å². The SMILES string of the molecule is CCc1ccc(N(CC(=O)N2CC(=O)Nc3ccccc32)S(=O)(=O)c2ccccc2)cc1. The summed E-state index contributed by atoms with van der Waals surface area (Å²) >= 11 is 0. The van der Waals surface area contributed by atoms with Crippen molar-refractivity contribution in [2.24, 2.45) is 0 Å². The molecule has 0 fully saturated rings. The van der Waals surface area contributed by atoms with Crippen LogP contribution in [0.25, 0.3) is 0 Å². The minimum Gasteiger partial charge on any atom is -0.323 e. The maximum Gasteiger partial charge on any atom is 0.264 e. The Bertz CT molecular complexity index is 1240. The van der Waals surface area contributed by atoms with Crippen LogP contribution < -0.4 is 14.5 Å². The predicted octanol–water partition coefficient (Wildman–Crippen LogP) is 3.43. The molecule has 1 aliphatic heterocycles. The van der Waals surface area contributed by atoms with Crippen LogP contribution in [-0.4, -0.2) is 33.3 Å². The summed E-state index contributed by atoms with van der Waals surface area (Å²) in [6, 6.07) is 22.0. The van der Waals surface area contributed by atoms with Gasteiger partial charge in [0.1, 0.15) is 13.1 Å². The number of carbonyl (C=O) groups is 2. The predicted molar refractivity (Wildman–Crippen MR) is 124 cm³/mol. The Labute approximate surface area is 187 Å². The van der Waals surface area contributed by atoms with E-state index < -0.39 is 22.5 Å². The van der Waals surface area contributed by atoms with Gasteiger partial charge in [0.2, 0.25) is 11.8 Å². The first-order valence-corrected chi connectivity index (χ1v) is 11.7. The molecule has 0 unspecified atom stereocenters. The van der Waals surface area contributed by atoms with E-state index in [0.717, 1.165) is 16.3 Å². The molecule has 2 amide bonds. The Balaban J connectivity index is 1.72. The second-order valence-electron chi connectivity index (χ2n) is 7.39. The number of carbonyl (C=O) groups excluding carboxylic acids is 2. The van der Waals surface area contributed by atoms with Crippen LogP contribution in [-0.2, 0) is 26.0 Å². The van der Waals surface area contributed by atoms with Crippen LogP contribution in [0.1, 0.15) is 12.5 Å². The topological polar surface area (TPSA) is 86.8 Å². The molecule has 0 aromatic heterocycles. The zero-order valence-corrected chi connectivity index (χ0v) is 18.4. The average molecular weight is 450 g/mol. The Kier molecular flexibility index (Phi) is 5.96. The van der Waals surface area contributed by atoms with Crippen LogP contribution in [0, 0.1) is 0 Å². The van der Waals surface area contributed by atoms with Gasteiger partial charge in [0.25, 0.3) is 10.0 Å². The number of benzene rings is 3. The minimum absolute atomic E-state index is 0.0872. The normalized spacial score (nSPS) is 13.3. The van der Waals surface area contributed by atoms with E-state index in [1.54, 1.807) is 54.6 Å². The van der Waals surface area contributed by atoms with Gasteiger partial charge >= 0.3 is 0 Å². The van der Waals surface area contributed by atoms with Crippen molar-refractivity contribution in [1.82, 2.24) is 0 Å². The molecule has 0 atom stereocenters. The number of anilines is 3. The molecule has 0 saturated carbocycles. The third kappa shape index (κ3) is 4.22. The highest BCUT2D eigenvalue weighted by molar-refractivity contribution is 7.92. The van der Waals surface area contributed by atoms with Crippen LogP contribution >= 0.6 is 0 Å². The maximum absolute atomic E-state index is 13.5. The fourth-order valence-corrected chi connectivity index (χ4v) is 5.03. The van der Waals surface area contributed by atoms with Gasteiger partial charge < -0.3 is 5.32 Å². The first-order chi connectivity index (χ1) is 15.4. The van der Waals surface area contributed by atoms with Gasteiger partial charge in [-0.05, 0) is 48.4 Å². The number of hydrogen-bond acceptors (Lipinski definition) is 4. The van der Waals surface area contributed by atoms with Crippen molar-refractivity contribution >= 4 is 38.9 Å². The molecular weight excluding hydrogens is 426 g/mol. The average Bonchev–Trinajstić information content (AvgIpc) is 2.82. The van der Waals surface area contributed by atoms with Crippen molar-refractivity contribution in [1.29, 1.82) is 0 Å². The van der Waals surface area contributed by atoms with Crippen LogP contribution in [0.3, 0.4) is 0 Å². The molecule has 0 aliphatic carbocycles. The third-order valence-corrected chi connectivity index (χ3v) is 7.10. The van der Waals surface area contributed by atoms with Crippen LogP contribution in [0.2, 0.25) is 0 Å². The summed E-state index contributed by atoms with van der Waals surface area (Å²) in [5, 5.41) is 2.73. The highest BCUT2D eigenvalue weighted by atomic mass is 32.2. The Morgan fingerprint density at radius 1 is 0.969 bits per heavy atom. The number of hydrogen-bond donors (Lipinski definition) is 1. The number of para-hydroxylation sites is 2. The summed E-state index contributed by atoms with van der Waals surface area (Å²) < 4.78 is 28.1. The van der Waals surface area contributed by atoms with Crippen molar-refractivity contribution in [2.75, 3.05) is 27.6 Å². The fraction of sp³-hybridized carbons (Fsp3) is 0.167. The summed E-state index contributed by atoms with van der Waals surface area (Å²) in [6.45, 7) is 1.39. The van der Waals surface area contributed by atoms with Crippen LogP contribution in [0.15, 0.2) is 83.8 Å². The van der Waals surface area contributed by atoms with Crippen molar-refractivity contribution in [3.63, 3.8) is 0 Å². The minimum atomic E-state index is -4.01. The lowest BCUT2D eigenvalue weighted by Crippen LogP contribution is -2.48. The zero-order valence-electron chi connectivity index (χ0n) is 17.6. The molecule has 0 spiro atoms. The summed E-state index contributed by atoms with van der Waals surface area (Å²) in [4.78, 5) is 26.9. The Morgan fingerprint density at radius 2 is 1.62 bits per heavy atom. The number of amides is 2. The van der Waals surface area contributed by atoms with Crippen molar-refractivity contribution in [3.8, 4) is 0 Å². The number of rotatable bonds is 6. The van der Waals surface area contributed by atoms with Crippen LogP contribution in [0.5, 0.6) is 0 Å². The lowest BCUT2D eigenvalue weighted by molar-refractivity contribution is -0.121. The van der Waals surface area contributed by atoms with Gasteiger partial charge in [-0.1, -0.05) is 49.4 Å². The summed E-state index contributed by atoms with van der Waals surface area (Å²) in [7, 11) is -4.01. The molecule has 1 N–H and O–H groups in total. The van der Waals surface area contributed by atoms with Gasteiger partial charge in [0.05, 0.1) is 22.0 Å². The van der Waals surface area contributed by atoms with Gasteiger partial charge in [-0.25, -0.2) is 8.42 Å². The van der Waals surface area contributed by atoms with E-state index in [0.29, 0.717) is 17.1 Å². The molecule has 8 heteroatoms. The zero-order chi connectivity index (χ0) is 22.7. The van der Waals surface area contributed by atoms with Gasteiger partial charge in [0.15, 0.2) is 0 Å². The molecule has 3 aromatic rings. The number of nitrogens with zero attached hydrogens (tertiary/aromatic N) is 2. The van der Waals surface area contributed by atoms with Gasteiger partial charge in [-0.15, -0.1) is 0 Å². The maximum atomic E-state index is 13.5. The largest absolute Gasteiger partial charge is 0.323 e. The molecule has 7 nitrogen and oxygen atoms in total. The number of fused-ring (bicyclic) bond motifs is 1. The van der Waals surface area contributed by atoms with Crippen molar-refractivity contribution in [3.05, 3.63) is 84.4 Å². The van der Waals surface area contributed by atoms with Crippen LogP contribution in [0.4, 0.5) is 17.1 Å². The van der Waals surface area contributed by atoms with E-state index in [1.165, 1.54) is 17.0 Å². The Hall–Kier alpha value is -3.65. The lowest BCUT2D eigenvalue weighted by Gasteiger charge is -2.32. The summed E-state index contributed by atoms with van der Waals surface area (Å²) in [6.07, 6.45) is 0.810. The van der Waals surface area contributed by atoms with E-state index in [2.05, 4.69) is 5.32 Å². The number of nitrogens with one attached hydrogen (secondary N) is 1. The van der Waals surface area contributed by atoms with E-state index in [9.17, 15) is 18.0 Å². The Morgan fingerprint density at radius 3 is 2.31 bits per heavy atom. The monoisotopic (exact) mass is 449 g/mol. The summed E-state index contributed by atoms with van der Waals surface area (Å²) in [5.74, 6) is -0.826. The molecule has 32 heavy (non-hydrogen) atoms. The van der Waals surface area contributed by atoms with E-state index >= 15 is 0 Å². The second-order valence-corrected chi connectivity index (χ2v) is 9.25. The highest BCUT2D eigenvalue weighted by Crippen LogP contribution is 2.30. The lowest BCUT2D eigenvalue weighted by atomic mass is 10.1. The molecule has 4 rings (SSSR count).